The number of nitrogens with zero attached hydrogens (tertiary/aromatic N) is 1. The maximum atomic E-state index is 12.3. The quantitative estimate of drug-likeness (QED) is 0.757. The van der Waals surface area contributed by atoms with Crippen LogP contribution in [0.15, 0.2) is 0 Å². The molecule has 0 aliphatic carbocycles. The van der Waals surface area contributed by atoms with Crippen molar-refractivity contribution in [2.24, 2.45) is 0 Å². The van der Waals surface area contributed by atoms with Gasteiger partial charge in [-0.3, -0.25) is 9.69 Å². The van der Waals surface area contributed by atoms with Gasteiger partial charge in [-0.15, -0.1) is 0 Å². The van der Waals surface area contributed by atoms with E-state index in [1.54, 1.807) is 0 Å². The number of piperazine rings is 1. The predicted octanol–water partition coefficient (Wildman–Crippen LogP) is 1.11. The van der Waals surface area contributed by atoms with Crippen molar-refractivity contribution in [2.75, 3.05) is 19.6 Å². The Morgan fingerprint density at radius 1 is 1.20 bits per heavy atom. The zero-order chi connectivity index (χ0) is 15.6. The lowest BCUT2D eigenvalue weighted by molar-refractivity contribution is -0.128. The standard InChI is InChI=1S/C14H27N3O3/c1-13(2,3)16-11(18)10-9-15-7-8-17(10)12(19)20-14(4,5)6/h10,15H,7-9H2,1-6H3,(H,16,18). The van der Waals surface area contributed by atoms with Gasteiger partial charge in [-0.2, -0.15) is 0 Å². The average Bonchev–Trinajstić information content (AvgIpc) is 2.24. The highest BCUT2D eigenvalue weighted by molar-refractivity contribution is 5.86. The number of hydrogen-bond acceptors (Lipinski definition) is 4. The Balaban J connectivity index is 2.76. The lowest BCUT2D eigenvalue weighted by Crippen LogP contribution is -2.62. The van der Waals surface area contributed by atoms with E-state index >= 15 is 0 Å². The second kappa shape index (κ2) is 5.99. The zero-order valence-corrected chi connectivity index (χ0v) is 13.4. The van der Waals surface area contributed by atoms with Gasteiger partial charge in [-0.1, -0.05) is 0 Å². The van der Waals surface area contributed by atoms with Crippen molar-refractivity contribution in [1.29, 1.82) is 0 Å². The van der Waals surface area contributed by atoms with Crippen LogP contribution < -0.4 is 10.6 Å². The van der Waals surface area contributed by atoms with Crippen LogP contribution in [0.25, 0.3) is 0 Å². The Bertz CT molecular complexity index is 333. The molecule has 1 aliphatic heterocycles. The summed E-state index contributed by atoms with van der Waals surface area (Å²) in [4.78, 5) is 26.0. The molecule has 0 radical (unpaired) electrons. The van der Waals surface area contributed by atoms with Gasteiger partial charge in [0, 0.05) is 25.2 Å². The minimum absolute atomic E-state index is 0.157. The van der Waals surface area contributed by atoms with Crippen molar-refractivity contribution in [3.63, 3.8) is 0 Å². The molecule has 6 heteroatoms. The molecule has 1 unspecified atom stereocenters. The third-order valence-corrected chi connectivity index (χ3v) is 2.67. The normalized spacial score (nSPS) is 20.5. The molecule has 1 atom stereocenters. The summed E-state index contributed by atoms with van der Waals surface area (Å²) in [5.74, 6) is -0.157. The van der Waals surface area contributed by atoms with Gasteiger partial charge in [0.2, 0.25) is 5.91 Å². The largest absolute Gasteiger partial charge is 0.444 e. The zero-order valence-electron chi connectivity index (χ0n) is 13.4. The van der Waals surface area contributed by atoms with Gasteiger partial charge in [0.25, 0.3) is 0 Å². The van der Waals surface area contributed by atoms with Gasteiger partial charge in [0.15, 0.2) is 0 Å². The van der Waals surface area contributed by atoms with Gasteiger partial charge in [0.1, 0.15) is 11.6 Å². The second-order valence-corrected chi connectivity index (χ2v) is 7.13. The van der Waals surface area contributed by atoms with Crippen molar-refractivity contribution in [2.45, 2.75) is 58.7 Å². The monoisotopic (exact) mass is 285 g/mol. The van der Waals surface area contributed by atoms with E-state index in [2.05, 4.69) is 10.6 Å². The highest BCUT2D eigenvalue weighted by atomic mass is 16.6. The van der Waals surface area contributed by atoms with Gasteiger partial charge >= 0.3 is 6.09 Å². The molecule has 1 heterocycles. The van der Waals surface area contributed by atoms with Gasteiger partial charge in [-0.25, -0.2) is 4.79 Å². The first-order valence-electron chi connectivity index (χ1n) is 7.02. The fraction of sp³-hybridized carbons (Fsp3) is 0.857. The van der Waals surface area contributed by atoms with Gasteiger partial charge in [0.05, 0.1) is 0 Å². The molecule has 0 bridgehead atoms. The molecule has 0 spiro atoms. The molecule has 1 aliphatic rings. The summed E-state index contributed by atoms with van der Waals surface area (Å²) in [5.41, 5.74) is -0.888. The minimum Gasteiger partial charge on any atom is -0.444 e. The Hall–Kier alpha value is -1.30. The predicted molar refractivity (Wildman–Crippen MR) is 77.5 cm³/mol. The summed E-state index contributed by atoms with van der Waals surface area (Å²) in [5, 5.41) is 6.05. The van der Waals surface area contributed by atoms with Crippen LogP contribution in [0.2, 0.25) is 0 Å². The molecule has 2 amide bonds. The molecule has 20 heavy (non-hydrogen) atoms. The van der Waals surface area contributed by atoms with E-state index in [0.29, 0.717) is 19.6 Å². The first kappa shape index (κ1) is 16.8. The Morgan fingerprint density at radius 2 is 1.80 bits per heavy atom. The number of hydrogen-bond donors (Lipinski definition) is 2. The Morgan fingerprint density at radius 3 is 2.30 bits per heavy atom. The van der Waals surface area contributed by atoms with Crippen LogP contribution in [0.4, 0.5) is 4.79 Å². The number of ether oxygens (including phenoxy) is 1. The van der Waals surface area contributed by atoms with Crippen LogP contribution in [-0.2, 0) is 9.53 Å². The number of carbonyl (C=O) groups excluding carboxylic acids is 2. The molecule has 2 N–H and O–H groups in total. The average molecular weight is 285 g/mol. The van der Waals surface area contributed by atoms with E-state index in [1.165, 1.54) is 4.90 Å². The van der Waals surface area contributed by atoms with Gasteiger partial charge in [-0.05, 0) is 41.5 Å². The van der Waals surface area contributed by atoms with E-state index in [9.17, 15) is 9.59 Å². The number of rotatable bonds is 1. The SMILES string of the molecule is CC(C)(C)NC(=O)C1CNCCN1C(=O)OC(C)(C)C. The Labute approximate surface area is 121 Å². The van der Waals surface area contributed by atoms with Crippen LogP contribution >= 0.6 is 0 Å². The molecule has 0 aromatic rings. The second-order valence-electron chi connectivity index (χ2n) is 7.13. The van der Waals surface area contributed by atoms with Crippen LogP contribution in [0.5, 0.6) is 0 Å². The smallest absolute Gasteiger partial charge is 0.411 e. The summed E-state index contributed by atoms with van der Waals surface area (Å²) in [6, 6.07) is -0.530. The summed E-state index contributed by atoms with van der Waals surface area (Å²) in [7, 11) is 0. The lowest BCUT2D eigenvalue weighted by Gasteiger charge is -2.37. The highest BCUT2D eigenvalue weighted by Gasteiger charge is 2.35. The van der Waals surface area contributed by atoms with E-state index in [1.807, 2.05) is 41.5 Å². The van der Waals surface area contributed by atoms with E-state index in [4.69, 9.17) is 4.74 Å². The molecule has 6 nitrogen and oxygen atoms in total. The first-order chi connectivity index (χ1) is 8.99. The van der Waals surface area contributed by atoms with Crippen LogP contribution in [0.3, 0.4) is 0 Å². The van der Waals surface area contributed by atoms with E-state index < -0.39 is 17.7 Å². The van der Waals surface area contributed by atoms with Gasteiger partial charge < -0.3 is 15.4 Å². The number of carbonyl (C=O) groups is 2. The van der Waals surface area contributed by atoms with E-state index in [0.717, 1.165) is 0 Å². The molecule has 1 fully saturated rings. The molecular weight excluding hydrogens is 258 g/mol. The number of nitrogens with one attached hydrogen (secondary N) is 2. The maximum absolute atomic E-state index is 12.3. The maximum Gasteiger partial charge on any atom is 0.411 e. The summed E-state index contributed by atoms with van der Waals surface area (Å²) >= 11 is 0. The molecule has 116 valence electrons. The van der Waals surface area contributed by atoms with Crippen molar-refractivity contribution in [1.82, 2.24) is 15.5 Å². The summed E-state index contributed by atoms with van der Waals surface area (Å²) < 4.78 is 5.37. The van der Waals surface area contributed by atoms with Crippen molar-refractivity contribution >= 4 is 12.0 Å². The molecule has 0 aromatic carbocycles. The van der Waals surface area contributed by atoms with Crippen LogP contribution in [-0.4, -0.2) is 53.7 Å². The summed E-state index contributed by atoms with van der Waals surface area (Å²) in [6.45, 7) is 12.8. The lowest BCUT2D eigenvalue weighted by atomic mass is 10.1. The fourth-order valence-electron chi connectivity index (χ4n) is 1.93. The van der Waals surface area contributed by atoms with Crippen molar-refractivity contribution < 1.29 is 14.3 Å². The molecule has 0 aromatic heterocycles. The van der Waals surface area contributed by atoms with Crippen molar-refractivity contribution in [3.8, 4) is 0 Å². The molecule has 1 saturated heterocycles. The summed E-state index contributed by atoms with van der Waals surface area (Å²) in [6.07, 6.45) is -0.437. The third-order valence-electron chi connectivity index (χ3n) is 2.67. The van der Waals surface area contributed by atoms with Crippen LogP contribution in [0, 0.1) is 0 Å². The van der Waals surface area contributed by atoms with E-state index in [-0.39, 0.29) is 11.4 Å². The highest BCUT2D eigenvalue weighted by Crippen LogP contribution is 2.14. The Kier molecular flexibility index (Phi) is 5.02. The molecule has 0 saturated carbocycles. The molecule has 1 rings (SSSR count). The minimum atomic E-state index is -0.562. The molecular formula is C14H27N3O3. The first-order valence-corrected chi connectivity index (χ1v) is 7.02. The topological polar surface area (TPSA) is 70.7 Å². The third kappa shape index (κ3) is 5.36. The number of amides is 2. The van der Waals surface area contributed by atoms with Crippen LogP contribution in [0.1, 0.15) is 41.5 Å². The van der Waals surface area contributed by atoms with Crippen molar-refractivity contribution in [3.05, 3.63) is 0 Å². The fourth-order valence-corrected chi connectivity index (χ4v) is 1.93.